The van der Waals surface area contributed by atoms with Crippen molar-refractivity contribution in [3.8, 4) is 11.8 Å². The highest BCUT2D eigenvalue weighted by Crippen LogP contribution is 2.28. The number of aromatic nitrogens is 1. The summed E-state index contributed by atoms with van der Waals surface area (Å²) in [7, 11) is 0. The summed E-state index contributed by atoms with van der Waals surface area (Å²) < 4.78 is 2.04. The number of carbonyl (C=O) groups is 1. The standard InChI is InChI=1S/C23H19ClN4O3/c1-14-4-7-20(8-5-14)27-15(2)10-17(16(27)3)11-18(13-25)23(29)26-19-6-9-21(24)22(12-19)28(30)31/h4-12H,1-3H3,(H,26,29)/b18-11+. The van der Waals surface area contributed by atoms with Gasteiger partial charge >= 0.3 is 0 Å². The molecule has 1 heterocycles. The van der Waals surface area contributed by atoms with Crippen LogP contribution in [0.3, 0.4) is 0 Å². The third-order valence-electron chi connectivity index (χ3n) is 4.83. The van der Waals surface area contributed by atoms with Gasteiger partial charge in [0.25, 0.3) is 11.6 Å². The van der Waals surface area contributed by atoms with Crippen molar-refractivity contribution in [1.82, 2.24) is 4.57 Å². The number of hydrogen-bond acceptors (Lipinski definition) is 4. The largest absolute Gasteiger partial charge is 0.321 e. The Hall–Kier alpha value is -3.89. The second-order valence-corrected chi connectivity index (χ2v) is 7.45. The zero-order valence-electron chi connectivity index (χ0n) is 17.1. The molecule has 3 rings (SSSR count). The zero-order chi connectivity index (χ0) is 22.7. The van der Waals surface area contributed by atoms with Crippen molar-refractivity contribution in [3.05, 3.63) is 91.8 Å². The summed E-state index contributed by atoms with van der Waals surface area (Å²) >= 11 is 5.80. The lowest BCUT2D eigenvalue weighted by molar-refractivity contribution is -0.384. The Bertz CT molecular complexity index is 1250. The molecule has 0 aliphatic heterocycles. The molecule has 0 aliphatic rings. The fraction of sp³-hybridized carbons (Fsp3) is 0.130. The monoisotopic (exact) mass is 434 g/mol. The molecule has 3 aromatic rings. The van der Waals surface area contributed by atoms with Crippen LogP contribution in [0.1, 0.15) is 22.5 Å². The number of nitrogens with zero attached hydrogens (tertiary/aromatic N) is 3. The second-order valence-electron chi connectivity index (χ2n) is 7.04. The third-order valence-corrected chi connectivity index (χ3v) is 5.15. The number of benzene rings is 2. The maximum Gasteiger partial charge on any atom is 0.289 e. The molecule has 0 aliphatic carbocycles. The van der Waals surface area contributed by atoms with Gasteiger partial charge in [0.15, 0.2) is 0 Å². The topological polar surface area (TPSA) is 101 Å². The molecule has 0 saturated heterocycles. The van der Waals surface area contributed by atoms with E-state index in [0.29, 0.717) is 0 Å². The van der Waals surface area contributed by atoms with Crippen LogP contribution in [0, 0.1) is 42.2 Å². The lowest BCUT2D eigenvalue weighted by Gasteiger charge is -2.10. The van der Waals surface area contributed by atoms with Crippen LogP contribution in [-0.4, -0.2) is 15.4 Å². The SMILES string of the molecule is Cc1ccc(-n2c(C)cc(/C=C(\C#N)C(=O)Nc3ccc(Cl)c([N+](=O)[O-])c3)c2C)cc1. The Morgan fingerprint density at radius 1 is 1.16 bits per heavy atom. The summed E-state index contributed by atoms with van der Waals surface area (Å²) in [6.45, 7) is 5.87. The minimum Gasteiger partial charge on any atom is -0.321 e. The van der Waals surface area contributed by atoms with Crippen molar-refractivity contribution in [2.75, 3.05) is 5.32 Å². The van der Waals surface area contributed by atoms with E-state index in [4.69, 9.17) is 11.6 Å². The smallest absolute Gasteiger partial charge is 0.289 e. The molecular weight excluding hydrogens is 416 g/mol. The van der Waals surface area contributed by atoms with E-state index in [9.17, 15) is 20.2 Å². The number of nitrogens with one attached hydrogen (secondary N) is 1. The number of nitriles is 1. The highest BCUT2D eigenvalue weighted by atomic mass is 35.5. The molecule has 1 N–H and O–H groups in total. The van der Waals surface area contributed by atoms with E-state index in [0.717, 1.165) is 34.3 Å². The number of amides is 1. The Kier molecular flexibility index (Phi) is 6.23. The Labute approximate surface area is 184 Å². The number of halogens is 1. The quantitative estimate of drug-likeness (QED) is 0.247. The van der Waals surface area contributed by atoms with Gasteiger partial charge in [0, 0.05) is 28.8 Å². The first kappa shape index (κ1) is 21.8. The first-order valence-electron chi connectivity index (χ1n) is 9.34. The summed E-state index contributed by atoms with van der Waals surface area (Å²) in [5.41, 5.74) is 4.42. The zero-order valence-corrected chi connectivity index (χ0v) is 17.9. The average molecular weight is 435 g/mol. The molecule has 0 fully saturated rings. The molecule has 0 atom stereocenters. The van der Waals surface area contributed by atoms with Crippen molar-refractivity contribution in [1.29, 1.82) is 5.26 Å². The molecule has 0 unspecified atom stereocenters. The summed E-state index contributed by atoms with van der Waals surface area (Å²) in [4.78, 5) is 23.0. The lowest BCUT2D eigenvalue weighted by Crippen LogP contribution is -2.13. The minimum atomic E-state index is -0.667. The van der Waals surface area contributed by atoms with Gasteiger partial charge in [-0.25, -0.2) is 0 Å². The summed E-state index contributed by atoms with van der Waals surface area (Å²) in [5, 5.41) is 23.0. The molecule has 8 heteroatoms. The second kappa shape index (κ2) is 8.86. The van der Waals surface area contributed by atoms with Crippen LogP contribution in [0.25, 0.3) is 11.8 Å². The number of anilines is 1. The number of carbonyl (C=O) groups excluding carboxylic acids is 1. The Balaban J connectivity index is 1.92. The van der Waals surface area contributed by atoms with Crippen LogP contribution < -0.4 is 5.32 Å². The Morgan fingerprint density at radius 2 is 1.84 bits per heavy atom. The average Bonchev–Trinajstić information content (AvgIpc) is 3.01. The van der Waals surface area contributed by atoms with Gasteiger partial charge in [0.1, 0.15) is 16.7 Å². The van der Waals surface area contributed by atoms with Crippen molar-refractivity contribution in [3.63, 3.8) is 0 Å². The van der Waals surface area contributed by atoms with E-state index >= 15 is 0 Å². The highest BCUT2D eigenvalue weighted by Gasteiger charge is 2.17. The summed E-state index contributed by atoms with van der Waals surface area (Å²) in [5.74, 6) is -0.667. The van der Waals surface area contributed by atoms with Crippen LogP contribution >= 0.6 is 11.6 Å². The highest BCUT2D eigenvalue weighted by molar-refractivity contribution is 6.32. The molecule has 0 saturated carbocycles. The van der Waals surface area contributed by atoms with Crippen LogP contribution in [0.2, 0.25) is 5.02 Å². The fourth-order valence-corrected chi connectivity index (χ4v) is 3.44. The Morgan fingerprint density at radius 3 is 2.45 bits per heavy atom. The van der Waals surface area contributed by atoms with E-state index in [-0.39, 0.29) is 22.0 Å². The van der Waals surface area contributed by atoms with Crippen LogP contribution in [-0.2, 0) is 4.79 Å². The van der Waals surface area contributed by atoms with Crippen molar-refractivity contribution < 1.29 is 9.72 Å². The molecule has 0 spiro atoms. The maximum absolute atomic E-state index is 12.6. The van der Waals surface area contributed by atoms with Gasteiger partial charge in [0.05, 0.1) is 4.92 Å². The molecule has 2 aromatic carbocycles. The number of hydrogen-bond donors (Lipinski definition) is 1. The van der Waals surface area contributed by atoms with E-state index in [1.807, 2.05) is 61.7 Å². The van der Waals surface area contributed by atoms with Gasteiger partial charge in [-0.1, -0.05) is 29.3 Å². The predicted octanol–water partition coefficient (Wildman–Crippen LogP) is 5.51. The number of aryl methyl sites for hydroxylation is 2. The summed E-state index contributed by atoms with van der Waals surface area (Å²) in [6, 6.07) is 15.8. The van der Waals surface area contributed by atoms with Gasteiger partial charge < -0.3 is 9.88 Å². The normalized spacial score (nSPS) is 11.1. The van der Waals surface area contributed by atoms with E-state index in [1.165, 1.54) is 18.2 Å². The van der Waals surface area contributed by atoms with Crippen molar-refractivity contribution in [2.24, 2.45) is 0 Å². The van der Waals surface area contributed by atoms with Gasteiger partial charge in [-0.2, -0.15) is 5.26 Å². The number of rotatable bonds is 5. The first-order chi connectivity index (χ1) is 14.7. The van der Waals surface area contributed by atoms with Crippen LogP contribution in [0.5, 0.6) is 0 Å². The molecule has 0 bridgehead atoms. The van der Waals surface area contributed by atoms with Gasteiger partial charge in [-0.3, -0.25) is 14.9 Å². The molecule has 1 amide bonds. The van der Waals surface area contributed by atoms with Gasteiger partial charge in [0.2, 0.25) is 0 Å². The van der Waals surface area contributed by atoms with E-state index < -0.39 is 10.8 Å². The predicted molar refractivity (Wildman–Crippen MR) is 120 cm³/mol. The van der Waals surface area contributed by atoms with Crippen LogP contribution in [0.15, 0.2) is 54.1 Å². The molecule has 0 radical (unpaired) electrons. The molecule has 1 aromatic heterocycles. The number of nitro benzene ring substituents is 1. The molecule has 7 nitrogen and oxygen atoms in total. The van der Waals surface area contributed by atoms with Gasteiger partial charge in [-0.15, -0.1) is 0 Å². The van der Waals surface area contributed by atoms with Crippen LogP contribution in [0.4, 0.5) is 11.4 Å². The van der Waals surface area contributed by atoms with Crippen molar-refractivity contribution >= 4 is 35.0 Å². The van der Waals surface area contributed by atoms with E-state index in [2.05, 4.69) is 5.32 Å². The molecule has 156 valence electrons. The first-order valence-corrected chi connectivity index (χ1v) is 9.72. The van der Waals surface area contributed by atoms with Gasteiger partial charge in [-0.05, 0) is 62.7 Å². The van der Waals surface area contributed by atoms with Crippen molar-refractivity contribution in [2.45, 2.75) is 20.8 Å². The fourth-order valence-electron chi connectivity index (χ4n) is 3.26. The number of nitro groups is 1. The summed E-state index contributed by atoms with van der Waals surface area (Å²) in [6.07, 6.45) is 1.51. The minimum absolute atomic E-state index is 0.0393. The maximum atomic E-state index is 12.6. The lowest BCUT2D eigenvalue weighted by atomic mass is 10.1. The molecular formula is C23H19ClN4O3. The third kappa shape index (κ3) is 4.65. The molecule has 31 heavy (non-hydrogen) atoms. The van der Waals surface area contributed by atoms with E-state index in [1.54, 1.807) is 0 Å².